The number of rotatable bonds is 2. The SMILES string of the molecule is Nc1cnc(C(F)F)c(C(=O)O)c1N. The number of carboxylic acid groups (broad SMARTS) is 1. The molecular weight excluding hydrogens is 196 g/mol. The van der Waals surface area contributed by atoms with Gasteiger partial charge in [-0.2, -0.15) is 0 Å². The van der Waals surface area contributed by atoms with Crippen LogP contribution in [0.4, 0.5) is 20.2 Å². The van der Waals surface area contributed by atoms with Gasteiger partial charge in [0.2, 0.25) is 0 Å². The van der Waals surface area contributed by atoms with Crippen molar-refractivity contribution in [3.05, 3.63) is 17.5 Å². The standard InChI is InChI=1S/C7H7F2N3O2/c8-6(9)5-3(7(13)14)4(11)2(10)1-12-5/h1,6H,10H2,(H2,11,12)(H,13,14). The predicted molar refractivity (Wildman–Crippen MR) is 45.0 cm³/mol. The van der Waals surface area contributed by atoms with E-state index in [1.165, 1.54) is 0 Å². The van der Waals surface area contributed by atoms with Gasteiger partial charge in [0, 0.05) is 0 Å². The van der Waals surface area contributed by atoms with Gasteiger partial charge < -0.3 is 16.6 Å². The lowest BCUT2D eigenvalue weighted by atomic mass is 10.1. The van der Waals surface area contributed by atoms with Crippen LogP contribution in [0, 0.1) is 0 Å². The Hall–Kier alpha value is -1.92. The van der Waals surface area contributed by atoms with Crippen molar-refractivity contribution in [2.45, 2.75) is 6.43 Å². The van der Waals surface area contributed by atoms with Crippen molar-refractivity contribution in [2.24, 2.45) is 0 Å². The van der Waals surface area contributed by atoms with Crippen molar-refractivity contribution in [3.63, 3.8) is 0 Å². The third-order valence-electron chi connectivity index (χ3n) is 1.60. The molecule has 0 aliphatic carbocycles. The van der Waals surface area contributed by atoms with Gasteiger partial charge in [0.15, 0.2) is 0 Å². The van der Waals surface area contributed by atoms with Crippen LogP contribution in [-0.4, -0.2) is 16.1 Å². The molecule has 1 aromatic rings. The first kappa shape index (κ1) is 10.2. The summed E-state index contributed by atoms with van der Waals surface area (Å²) in [6.45, 7) is 0. The highest BCUT2D eigenvalue weighted by atomic mass is 19.3. The minimum atomic E-state index is -3.00. The molecule has 1 aromatic heterocycles. The Labute approximate surface area is 77.3 Å². The monoisotopic (exact) mass is 203 g/mol. The van der Waals surface area contributed by atoms with Crippen molar-refractivity contribution in [1.29, 1.82) is 0 Å². The van der Waals surface area contributed by atoms with E-state index in [-0.39, 0.29) is 11.4 Å². The molecule has 5 nitrogen and oxygen atoms in total. The molecule has 0 radical (unpaired) electrons. The maximum atomic E-state index is 12.3. The van der Waals surface area contributed by atoms with E-state index in [0.717, 1.165) is 6.20 Å². The molecule has 0 fully saturated rings. The summed E-state index contributed by atoms with van der Waals surface area (Å²) in [5.74, 6) is -1.57. The van der Waals surface area contributed by atoms with Crippen LogP contribution in [0.5, 0.6) is 0 Å². The number of aromatic carboxylic acids is 1. The Kier molecular flexibility index (Phi) is 2.50. The molecule has 0 atom stereocenters. The third-order valence-corrected chi connectivity index (χ3v) is 1.60. The van der Waals surface area contributed by atoms with E-state index in [1.807, 2.05) is 0 Å². The van der Waals surface area contributed by atoms with Crippen LogP contribution in [0.25, 0.3) is 0 Å². The van der Waals surface area contributed by atoms with Crippen LogP contribution in [0.3, 0.4) is 0 Å². The number of anilines is 2. The van der Waals surface area contributed by atoms with E-state index in [1.54, 1.807) is 0 Å². The van der Waals surface area contributed by atoms with Gasteiger partial charge in [-0.3, -0.25) is 4.98 Å². The summed E-state index contributed by atoms with van der Waals surface area (Å²) in [4.78, 5) is 13.8. The molecule has 0 saturated carbocycles. The Balaban J connectivity index is 3.45. The van der Waals surface area contributed by atoms with E-state index in [4.69, 9.17) is 16.6 Å². The quantitative estimate of drug-likeness (QED) is 0.662. The molecule has 0 unspecified atom stereocenters. The van der Waals surface area contributed by atoms with Gasteiger partial charge in [-0.25, -0.2) is 13.6 Å². The zero-order valence-electron chi connectivity index (χ0n) is 6.87. The number of nitrogen functional groups attached to an aromatic ring is 2. The fourth-order valence-electron chi connectivity index (χ4n) is 0.946. The first-order valence-electron chi connectivity index (χ1n) is 3.50. The number of alkyl halides is 2. The largest absolute Gasteiger partial charge is 0.478 e. The minimum Gasteiger partial charge on any atom is -0.478 e. The van der Waals surface area contributed by atoms with Gasteiger partial charge in [0.05, 0.1) is 17.6 Å². The molecule has 0 aromatic carbocycles. The highest BCUT2D eigenvalue weighted by molar-refractivity contribution is 5.97. The van der Waals surface area contributed by atoms with Crippen LogP contribution in [0.15, 0.2) is 6.20 Å². The zero-order chi connectivity index (χ0) is 10.9. The van der Waals surface area contributed by atoms with Crippen LogP contribution in [0.1, 0.15) is 22.5 Å². The van der Waals surface area contributed by atoms with Gasteiger partial charge in [0.25, 0.3) is 6.43 Å². The Morgan fingerprint density at radius 3 is 2.50 bits per heavy atom. The van der Waals surface area contributed by atoms with Gasteiger partial charge >= 0.3 is 5.97 Å². The maximum absolute atomic E-state index is 12.3. The minimum absolute atomic E-state index is 0.133. The van der Waals surface area contributed by atoms with E-state index < -0.39 is 23.7 Å². The molecule has 0 bridgehead atoms. The molecule has 5 N–H and O–H groups in total. The average molecular weight is 203 g/mol. The Morgan fingerprint density at radius 1 is 1.50 bits per heavy atom. The van der Waals surface area contributed by atoms with Gasteiger partial charge in [-0.15, -0.1) is 0 Å². The number of nitrogens with two attached hydrogens (primary N) is 2. The van der Waals surface area contributed by atoms with E-state index >= 15 is 0 Å². The van der Waals surface area contributed by atoms with Gasteiger partial charge in [-0.05, 0) is 0 Å². The van der Waals surface area contributed by atoms with Crippen molar-refractivity contribution in [1.82, 2.24) is 4.98 Å². The second-order valence-corrected chi connectivity index (χ2v) is 2.49. The average Bonchev–Trinajstić information content (AvgIpc) is 2.08. The lowest BCUT2D eigenvalue weighted by Crippen LogP contribution is -2.11. The van der Waals surface area contributed by atoms with Gasteiger partial charge in [0.1, 0.15) is 11.3 Å². The summed E-state index contributed by atoms with van der Waals surface area (Å²) in [5, 5.41) is 8.61. The fourth-order valence-corrected chi connectivity index (χ4v) is 0.946. The smallest absolute Gasteiger partial charge is 0.339 e. The molecule has 0 spiro atoms. The number of hydrogen-bond acceptors (Lipinski definition) is 4. The van der Waals surface area contributed by atoms with Gasteiger partial charge in [-0.1, -0.05) is 0 Å². The number of aromatic nitrogens is 1. The van der Waals surface area contributed by atoms with Crippen LogP contribution >= 0.6 is 0 Å². The molecule has 7 heteroatoms. The van der Waals surface area contributed by atoms with E-state index in [9.17, 15) is 13.6 Å². The molecule has 0 aliphatic heterocycles. The first-order valence-corrected chi connectivity index (χ1v) is 3.50. The molecule has 0 aliphatic rings. The molecule has 14 heavy (non-hydrogen) atoms. The van der Waals surface area contributed by atoms with Crippen molar-refractivity contribution >= 4 is 17.3 Å². The number of carboxylic acids is 1. The Morgan fingerprint density at radius 2 is 2.07 bits per heavy atom. The maximum Gasteiger partial charge on any atom is 0.339 e. The normalized spacial score (nSPS) is 10.5. The molecule has 0 saturated heterocycles. The summed E-state index contributed by atoms with van der Waals surface area (Å²) in [6, 6.07) is 0. The fraction of sp³-hybridized carbons (Fsp3) is 0.143. The van der Waals surface area contributed by atoms with Crippen molar-refractivity contribution in [3.8, 4) is 0 Å². The van der Waals surface area contributed by atoms with E-state index in [2.05, 4.69) is 4.98 Å². The van der Waals surface area contributed by atoms with E-state index in [0.29, 0.717) is 0 Å². The molecule has 1 rings (SSSR count). The summed E-state index contributed by atoms with van der Waals surface area (Å²) >= 11 is 0. The number of halogens is 2. The summed E-state index contributed by atoms with van der Waals surface area (Å²) in [5.41, 5.74) is 8.35. The van der Waals surface area contributed by atoms with Crippen LogP contribution in [-0.2, 0) is 0 Å². The third kappa shape index (κ3) is 1.56. The van der Waals surface area contributed by atoms with Crippen LogP contribution < -0.4 is 11.5 Å². The molecule has 76 valence electrons. The zero-order valence-corrected chi connectivity index (χ0v) is 6.87. The summed E-state index contributed by atoms with van der Waals surface area (Å²) in [6.07, 6.45) is -2.09. The second-order valence-electron chi connectivity index (χ2n) is 2.49. The lowest BCUT2D eigenvalue weighted by Gasteiger charge is -2.08. The summed E-state index contributed by atoms with van der Waals surface area (Å²) in [7, 11) is 0. The molecule has 0 amide bonds. The molecule has 1 heterocycles. The predicted octanol–water partition coefficient (Wildman–Crippen LogP) is 0.882. The lowest BCUT2D eigenvalue weighted by molar-refractivity contribution is 0.0683. The number of hydrogen-bond donors (Lipinski definition) is 3. The topological polar surface area (TPSA) is 102 Å². The Bertz CT molecular complexity index is 381. The second kappa shape index (κ2) is 3.44. The van der Waals surface area contributed by atoms with Crippen molar-refractivity contribution in [2.75, 3.05) is 11.5 Å². The highest BCUT2D eigenvalue weighted by Gasteiger charge is 2.23. The number of nitrogens with zero attached hydrogens (tertiary/aromatic N) is 1. The van der Waals surface area contributed by atoms with Crippen LogP contribution in [0.2, 0.25) is 0 Å². The molecular formula is C7H7F2N3O2. The first-order chi connectivity index (χ1) is 6.45. The number of pyridine rings is 1. The summed E-state index contributed by atoms with van der Waals surface area (Å²) < 4.78 is 24.6. The van der Waals surface area contributed by atoms with Crippen molar-refractivity contribution < 1.29 is 18.7 Å². The highest BCUT2D eigenvalue weighted by Crippen LogP contribution is 2.28. The number of carbonyl (C=O) groups is 1.